The number of carbonyl (C=O) groups is 1. The highest BCUT2D eigenvalue weighted by Crippen LogP contribution is 2.31. The number of benzene rings is 2. The minimum Gasteiger partial charge on any atom is -0.462 e. The minimum atomic E-state index is -0.360. The van der Waals surface area contributed by atoms with Crippen LogP contribution in [0.5, 0.6) is 0 Å². The van der Waals surface area contributed by atoms with Crippen molar-refractivity contribution in [3.05, 3.63) is 77.5 Å². The number of para-hydroxylation sites is 1. The second-order valence-electron chi connectivity index (χ2n) is 6.16. The van der Waals surface area contributed by atoms with Gasteiger partial charge in [-0.1, -0.05) is 54.1 Å². The lowest BCUT2D eigenvalue weighted by atomic mass is 10.0. The van der Waals surface area contributed by atoms with Crippen molar-refractivity contribution in [2.24, 2.45) is 0 Å². The molecule has 0 atom stereocenters. The summed E-state index contributed by atoms with van der Waals surface area (Å²) in [5.41, 5.74) is 4.72. The summed E-state index contributed by atoms with van der Waals surface area (Å²) in [6, 6.07) is 19.6. The van der Waals surface area contributed by atoms with Crippen molar-refractivity contribution in [2.45, 2.75) is 20.8 Å². The van der Waals surface area contributed by atoms with Crippen LogP contribution in [0.4, 0.5) is 0 Å². The van der Waals surface area contributed by atoms with Crippen molar-refractivity contribution in [3.63, 3.8) is 0 Å². The topological polar surface area (TPSA) is 44.1 Å². The highest BCUT2D eigenvalue weighted by molar-refractivity contribution is 6.00. The molecular formula is C22H22N2O2. The SMILES string of the molecule is CCOC(=O)c1c(C=C(C)C)nn(-c2ccccc2)c1-c1ccccc1. The van der Waals surface area contributed by atoms with Gasteiger partial charge in [0.25, 0.3) is 0 Å². The Morgan fingerprint density at radius 3 is 2.23 bits per heavy atom. The number of nitrogens with zero attached hydrogens (tertiary/aromatic N) is 2. The minimum absolute atomic E-state index is 0.317. The second-order valence-corrected chi connectivity index (χ2v) is 6.16. The molecule has 0 N–H and O–H groups in total. The van der Waals surface area contributed by atoms with Gasteiger partial charge in [-0.3, -0.25) is 0 Å². The van der Waals surface area contributed by atoms with Gasteiger partial charge in [0.2, 0.25) is 0 Å². The van der Waals surface area contributed by atoms with Crippen molar-refractivity contribution < 1.29 is 9.53 Å². The van der Waals surface area contributed by atoms with E-state index < -0.39 is 0 Å². The number of ether oxygens (including phenoxy) is 1. The van der Waals surface area contributed by atoms with Gasteiger partial charge in [0.05, 0.1) is 18.0 Å². The molecule has 4 nitrogen and oxygen atoms in total. The Labute approximate surface area is 153 Å². The molecule has 0 saturated carbocycles. The first-order valence-corrected chi connectivity index (χ1v) is 8.67. The summed E-state index contributed by atoms with van der Waals surface area (Å²) in [6.07, 6.45) is 1.91. The third-order valence-corrected chi connectivity index (χ3v) is 3.87. The Balaban J connectivity index is 2.34. The van der Waals surface area contributed by atoms with Gasteiger partial charge in [0.1, 0.15) is 11.3 Å². The van der Waals surface area contributed by atoms with Crippen LogP contribution in [-0.4, -0.2) is 22.4 Å². The first-order valence-electron chi connectivity index (χ1n) is 8.67. The molecule has 0 fully saturated rings. The Hall–Kier alpha value is -3.14. The number of carbonyl (C=O) groups excluding carboxylic acids is 1. The molecule has 0 aliphatic carbocycles. The van der Waals surface area contributed by atoms with E-state index >= 15 is 0 Å². The maximum Gasteiger partial charge on any atom is 0.342 e. The lowest BCUT2D eigenvalue weighted by Gasteiger charge is -2.09. The molecule has 2 aromatic carbocycles. The Morgan fingerprint density at radius 2 is 1.65 bits per heavy atom. The van der Waals surface area contributed by atoms with E-state index in [-0.39, 0.29) is 5.97 Å². The zero-order chi connectivity index (χ0) is 18.5. The maximum atomic E-state index is 12.8. The molecule has 0 aliphatic rings. The van der Waals surface area contributed by atoms with Crippen LogP contribution in [0.1, 0.15) is 36.8 Å². The normalized spacial score (nSPS) is 10.4. The van der Waals surface area contributed by atoms with Gasteiger partial charge in [0, 0.05) is 5.56 Å². The Morgan fingerprint density at radius 1 is 1.04 bits per heavy atom. The summed E-state index contributed by atoms with van der Waals surface area (Å²) >= 11 is 0. The third-order valence-electron chi connectivity index (χ3n) is 3.87. The quantitative estimate of drug-likeness (QED) is 0.601. The fourth-order valence-electron chi connectivity index (χ4n) is 2.83. The molecule has 0 radical (unpaired) electrons. The standard InChI is InChI=1S/C22H22N2O2/c1-4-26-22(25)20-19(15-16(2)3)23-24(18-13-9-6-10-14-18)21(20)17-11-7-5-8-12-17/h5-15H,4H2,1-3H3. The molecule has 26 heavy (non-hydrogen) atoms. The zero-order valence-electron chi connectivity index (χ0n) is 15.3. The average molecular weight is 346 g/mol. The van der Waals surface area contributed by atoms with Gasteiger partial charge < -0.3 is 4.74 Å². The smallest absolute Gasteiger partial charge is 0.342 e. The van der Waals surface area contributed by atoms with E-state index in [0.29, 0.717) is 17.9 Å². The van der Waals surface area contributed by atoms with Crippen LogP contribution in [0.25, 0.3) is 23.0 Å². The average Bonchev–Trinajstić information content (AvgIpc) is 3.02. The van der Waals surface area contributed by atoms with Gasteiger partial charge in [-0.2, -0.15) is 5.10 Å². The van der Waals surface area contributed by atoms with Crippen LogP contribution in [0.15, 0.2) is 66.2 Å². The van der Waals surface area contributed by atoms with E-state index in [1.165, 1.54) is 0 Å². The summed E-state index contributed by atoms with van der Waals surface area (Å²) in [5.74, 6) is -0.360. The van der Waals surface area contributed by atoms with Crippen molar-refractivity contribution in [3.8, 4) is 16.9 Å². The van der Waals surface area contributed by atoms with Gasteiger partial charge >= 0.3 is 5.97 Å². The van der Waals surface area contributed by atoms with Gasteiger partial charge in [0.15, 0.2) is 0 Å². The molecule has 0 unspecified atom stereocenters. The molecule has 0 spiro atoms. The van der Waals surface area contributed by atoms with E-state index in [2.05, 4.69) is 0 Å². The fourth-order valence-corrected chi connectivity index (χ4v) is 2.83. The van der Waals surface area contributed by atoms with E-state index in [4.69, 9.17) is 9.84 Å². The van der Waals surface area contributed by atoms with E-state index in [1.807, 2.05) is 92.2 Å². The molecule has 0 amide bonds. The lowest BCUT2D eigenvalue weighted by Crippen LogP contribution is -2.08. The van der Waals surface area contributed by atoms with Crippen molar-refractivity contribution in [1.82, 2.24) is 9.78 Å². The molecule has 4 heteroatoms. The van der Waals surface area contributed by atoms with Crippen molar-refractivity contribution >= 4 is 12.0 Å². The summed E-state index contributed by atoms with van der Waals surface area (Å²) < 4.78 is 7.16. The number of allylic oxidation sites excluding steroid dienone is 1. The van der Waals surface area contributed by atoms with Crippen LogP contribution in [0.3, 0.4) is 0 Å². The summed E-state index contributed by atoms with van der Waals surface area (Å²) in [5, 5.41) is 4.74. The van der Waals surface area contributed by atoms with Crippen molar-refractivity contribution in [1.29, 1.82) is 0 Å². The predicted molar refractivity (Wildman–Crippen MR) is 104 cm³/mol. The molecule has 0 aliphatic heterocycles. The highest BCUT2D eigenvalue weighted by atomic mass is 16.5. The fraction of sp³-hybridized carbons (Fsp3) is 0.182. The Kier molecular flexibility index (Phi) is 5.32. The first-order chi connectivity index (χ1) is 12.6. The molecule has 1 aromatic heterocycles. The number of aromatic nitrogens is 2. The highest BCUT2D eigenvalue weighted by Gasteiger charge is 2.25. The van der Waals surface area contributed by atoms with Crippen LogP contribution in [0, 0.1) is 0 Å². The lowest BCUT2D eigenvalue weighted by molar-refractivity contribution is 0.0527. The molecular weight excluding hydrogens is 324 g/mol. The predicted octanol–water partition coefficient (Wildman–Crippen LogP) is 5.14. The Bertz CT molecular complexity index is 922. The molecule has 1 heterocycles. The number of esters is 1. The van der Waals surface area contributed by atoms with Crippen LogP contribution < -0.4 is 0 Å². The number of hydrogen-bond acceptors (Lipinski definition) is 3. The molecule has 0 saturated heterocycles. The monoisotopic (exact) mass is 346 g/mol. The van der Waals surface area contributed by atoms with Crippen LogP contribution in [0.2, 0.25) is 0 Å². The molecule has 132 valence electrons. The molecule has 3 aromatic rings. The summed E-state index contributed by atoms with van der Waals surface area (Å²) in [4.78, 5) is 12.8. The second kappa shape index (κ2) is 7.83. The molecule has 0 bridgehead atoms. The van der Waals surface area contributed by atoms with Crippen LogP contribution >= 0.6 is 0 Å². The van der Waals surface area contributed by atoms with Crippen LogP contribution in [-0.2, 0) is 4.74 Å². The summed E-state index contributed by atoms with van der Waals surface area (Å²) in [7, 11) is 0. The summed E-state index contributed by atoms with van der Waals surface area (Å²) in [6.45, 7) is 6.09. The van der Waals surface area contributed by atoms with E-state index in [1.54, 1.807) is 0 Å². The third kappa shape index (κ3) is 3.59. The maximum absolute atomic E-state index is 12.8. The first kappa shape index (κ1) is 17.7. The number of hydrogen-bond donors (Lipinski definition) is 0. The van der Waals surface area contributed by atoms with Gasteiger partial charge in [-0.05, 0) is 39.0 Å². The number of rotatable bonds is 5. The van der Waals surface area contributed by atoms with E-state index in [0.717, 1.165) is 22.5 Å². The van der Waals surface area contributed by atoms with Gasteiger partial charge in [-0.15, -0.1) is 0 Å². The van der Waals surface area contributed by atoms with Gasteiger partial charge in [-0.25, -0.2) is 9.48 Å². The van der Waals surface area contributed by atoms with Crippen molar-refractivity contribution in [2.75, 3.05) is 6.61 Å². The largest absolute Gasteiger partial charge is 0.462 e. The molecule has 3 rings (SSSR count). The zero-order valence-corrected chi connectivity index (χ0v) is 15.3. The van der Waals surface area contributed by atoms with E-state index in [9.17, 15) is 4.79 Å².